The van der Waals surface area contributed by atoms with E-state index >= 15 is 0 Å². The molecule has 0 unspecified atom stereocenters. The Morgan fingerprint density at radius 3 is 2.62 bits per heavy atom. The van der Waals surface area contributed by atoms with Crippen LogP contribution in [-0.4, -0.2) is 33.8 Å². The molecule has 0 bridgehead atoms. The highest BCUT2D eigenvalue weighted by Gasteiger charge is 2.33. The first-order chi connectivity index (χ1) is 14.0. The van der Waals surface area contributed by atoms with Gasteiger partial charge in [0.15, 0.2) is 11.7 Å². The van der Waals surface area contributed by atoms with Crippen LogP contribution in [0.4, 0.5) is 13.2 Å². The summed E-state index contributed by atoms with van der Waals surface area (Å²) in [5, 5.41) is 11.9. The van der Waals surface area contributed by atoms with Crippen LogP contribution in [0, 0.1) is 0 Å². The Bertz CT molecular complexity index is 916. The number of nitrogens with zero attached hydrogens (tertiary/aromatic N) is 4. The Labute approximate surface area is 170 Å². The van der Waals surface area contributed by atoms with Crippen LogP contribution in [0.3, 0.4) is 0 Å². The minimum atomic E-state index is -4.40. The number of benzene rings is 1. The monoisotopic (exact) mass is 422 g/mol. The zero-order valence-electron chi connectivity index (χ0n) is 15.8. The zero-order valence-corrected chi connectivity index (χ0v) is 16.6. The number of aliphatic imine (C=N–C) groups is 1. The van der Waals surface area contributed by atoms with Crippen LogP contribution in [0.25, 0.3) is 5.69 Å². The van der Waals surface area contributed by atoms with Crippen LogP contribution in [-0.2, 0) is 19.1 Å². The largest absolute Gasteiger partial charge is 0.434 e. The Kier molecular flexibility index (Phi) is 6.86. The standard InChI is InChI=1S/C19H21F3N6S/c1-2-23-18(24-10-8-17-27-16(13-29-17)19(20,21)22)25-12-14-4-6-15(7-5-14)28-11-3-9-26-28/h3-7,9,11,13H,2,8,10,12H2,1H3,(H2,23,24,25). The van der Waals surface area contributed by atoms with E-state index in [0.717, 1.165) is 28.0 Å². The van der Waals surface area contributed by atoms with Crippen molar-refractivity contribution in [2.45, 2.75) is 26.1 Å². The third kappa shape index (κ3) is 6.05. The topological polar surface area (TPSA) is 67.1 Å². The molecule has 29 heavy (non-hydrogen) atoms. The van der Waals surface area contributed by atoms with Crippen molar-refractivity contribution in [1.29, 1.82) is 0 Å². The normalized spacial score (nSPS) is 12.2. The van der Waals surface area contributed by atoms with E-state index in [4.69, 9.17) is 0 Å². The highest BCUT2D eigenvalue weighted by atomic mass is 32.1. The average molecular weight is 422 g/mol. The predicted molar refractivity (Wildman–Crippen MR) is 107 cm³/mol. The van der Waals surface area contributed by atoms with Crippen molar-refractivity contribution in [2.75, 3.05) is 13.1 Å². The van der Waals surface area contributed by atoms with Gasteiger partial charge in [0.1, 0.15) is 0 Å². The number of nitrogens with one attached hydrogen (secondary N) is 2. The molecule has 0 spiro atoms. The molecular formula is C19H21F3N6S. The molecule has 0 saturated carbocycles. The second-order valence-corrected chi connectivity index (χ2v) is 7.06. The smallest absolute Gasteiger partial charge is 0.357 e. The summed E-state index contributed by atoms with van der Waals surface area (Å²) in [6.07, 6.45) is -0.405. The third-order valence-electron chi connectivity index (χ3n) is 3.94. The van der Waals surface area contributed by atoms with Gasteiger partial charge in [-0.15, -0.1) is 11.3 Å². The molecule has 0 radical (unpaired) electrons. The van der Waals surface area contributed by atoms with E-state index in [2.05, 4.69) is 25.7 Å². The molecule has 0 aliphatic rings. The Balaban J connectivity index is 1.53. The molecule has 6 nitrogen and oxygen atoms in total. The predicted octanol–water partition coefficient (Wildman–Crippen LogP) is 3.65. The number of rotatable bonds is 7. The van der Waals surface area contributed by atoms with E-state index < -0.39 is 11.9 Å². The number of aromatic nitrogens is 3. The molecule has 2 heterocycles. The van der Waals surface area contributed by atoms with Gasteiger partial charge in [-0.3, -0.25) is 0 Å². The van der Waals surface area contributed by atoms with Gasteiger partial charge in [0.2, 0.25) is 0 Å². The molecular weight excluding hydrogens is 401 g/mol. The quantitative estimate of drug-likeness (QED) is 0.451. The lowest BCUT2D eigenvalue weighted by atomic mass is 10.2. The molecule has 0 fully saturated rings. The van der Waals surface area contributed by atoms with Crippen molar-refractivity contribution in [1.82, 2.24) is 25.4 Å². The summed E-state index contributed by atoms with van der Waals surface area (Å²) < 4.78 is 39.6. The van der Waals surface area contributed by atoms with Crippen molar-refractivity contribution in [3.63, 3.8) is 0 Å². The maximum absolute atomic E-state index is 12.6. The van der Waals surface area contributed by atoms with E-state index in [1.165, 1.54) is 0 Å². The third-order valence-corrected chi connectivity index (χ3v) is 4.85. The highest BCUT2D eigenvalue weighted by molar-refractivity contribution is 7.09. The molecule has 154 valence electrons. The maximum Gasteiger partial charge on any atom is 0.434 e. The maximum atomic E-state index is 12.6. The van der Waals surface area contributed by atoms with Crippen LogP contribution >= 0.6 is 11.3 Å². The fourth-order valence-electron chi connectivity index (χ4n) is 2.53. The second-order valence-electron chi connectivity index (χ2n) is 6.11. The van der Waals surface area contributed by atoms with Crippen LogP contribution in [0.2, 0.25) is 0 Å². The van der Waals surface area contributed by atoms with Crippen molar-refractivity contribution in [3.05, 3.63) is 64.4 Å². The first kappa shape index (κ1) is 20.8. The summed E-state index contributed by atoms with van der Waals surface area (Å²) in [5.41, 5.74) is 1.17. The number of halogens is 3. The summed E-state index contributed by atoms with van der Waals surface area (Å²) in [4.78, 5) is 8.16. The van der Waals surface area contributed by atoms with Crippen LogP contribution in [0.1, 0.15) is 23.2 Å². The minimum absolute atomic E-state index is 0.393. The first-order valence-corrected chi connectivity index (χ1v) is 9.96. The summed E-state index contributed by atoms with van der Waals surface area (Å²) in [6.45, 7) is 3.55. The average Bonchev–Trinajstić information content (AvgIpc) is 3.38. The summed E-state index contributed by atoms with van der Waals surface area (Å²) in [7, 11) is 0. The molecule has 2 aromatic heterocycles. The summed E-state index contributed by atoms with van der Waals surface area (Å²) in [5.74, 6) is 0.608. The lowest BCUT2D eigenvalue weighted by molar-refractivity contribution is -0.140. The number of alkyl halides is 3. The number of hydrogen-bond donors (Lipinski definition) is 2. The van der Waals surface area contributed by atoms with Gasteiger partial charge >= 0.3 is 6.18 Å². The van der Waals surface area contributed by atoms with Gasteiger partial charge < -0.3 is 10.6 Å². The molecule has 0 aliphatic carbocycles. The second kappa shape index (κ2) is 9.55. The summed E-state index contributed by atoms with van der Waals surface area (Å²) in [6, 6.07) is 9.77. The SMILES string of the molecule is CCNC(=NCc1ccc(-n2cccn2)cc1)NCCc1nc(C(F)(F)F)cs1. The Morgan fingerprint density at radius 1 is 1.21 bits per heavy atom. The van der Waals surface area contributed by atoms with Gasteiger partial charge in [-0.2, -0.15) is 18.3 Å². The van der Waals surface area contributed by atoms with E-state index in [1.54, 1.807) is 10.9 Å². The molecule has 1 aromatic carbocycles. The number of thiazole rings is 1. The molecule has 0 aliphatic heterocycles. The van der Waals surface area contributed by atoms with Gasteiger partial charge in [-0.05, 0) is 30.7 Å². The zero-order chi connectivity index (χ0) is 20.7. The fourth-order valence-corrected chi connectivity index (χ4v) is 3.34. The van der Waals surface area contributed by atoms with E-state index in [0.29, 0.717) is 37.0 Å². The van der Waals surface area contributed by atoms with E-state index in [1.807, 2.05) is 43.5 Å². The van der Waals surface area contributed by atoms with E-state index in [9.17, 15) is 13.2 Å². The van der Waals surface area contributed by atoms with Gasteiger partial charge in [0.25, 0.3) is 0 Å². The van der Waals surface area contributed by atoms with Crippen molar-refractivity contribution in [2.24, 2.45) is 4.99 Å². The molecule has 0 amide bonds. The van der Waals surface area contributed by atoms with Crippen molar-refractivity contribution in [3.8, 4) is 5.69 Å². The molecule has 0 atom stereocenters. The fraction of sp³-hybridized carbons (Fsp3) is 0.316. The van der Waals surface area contributed by atoms with Crippen molar-refractivity contribution >= 4 is 17.3 Å². The molecule has 2 N–H and O–H groups in total. The van der Waals surface area contributed by atoms with Crippen LogP contribution in [0.5, 0.6) is 0 Å². The number of guanidine groups is 1. The molecule has 0 saturated heterocycles. The van der Waals surface area contributed by atoms with Gasteiger partial charge in [0.05, 0.1) is 17.2 Å². The van der Waals surface area contributed by atoms with Gasteiger partial charge in [-0.25, -0.2) is 14.7 Å². The highest BCUT2D eigenvalue weighted by Crippen LogP contribution is 2.29. The van der Waals surface area contributed by atoms with Gasteiger partial charge in [-0.1, -0.05) is 12.1 Å². The minimum Gasteiger partial charge on any atom is -0.357 e. The van der Waals surface area contributed by atoms with Crippen molar-refractivity contribution < 1.29 is 13.2 Å². The lowest BCUT2D eigenvalue weighted by Gasteiger charge is -2.11. The first-order valence-electron chi connectivity index (χ1n) is 9.08. The lowest BCUT2D eigenvalue weighted by Crippen LogP contribution is -2.38. The molecule has 10 heteroatoms. The Morgan fingerprint density at radius 2 is 2.00 bits per heavy atom. The Hall–Kier alpha value is -2.88. The summed E-state index contributed by atoms with van der Waals surface area (Å²) >= 11 is 1.01. The van der Waals surface area contributed by atoms with Crippen LogP contribution < -0.4 is 10.6 Å². The number of hydrogen-bond acceptors (Lipinski definition) is 4. The molecule has 3 rings (SSSR count). The van der Waals surface area contributed by atoms with Crippen LogP contribution in [0.15, 0.2) is 53.1 Å². The van der Waals surface area contributed by atoms with Gasteiger partial charge in [0, 0.05) is 37.3 Å². The molecule has 3 aromatic rings. The van der Waals surface area contributed by atoms with E-state index in [-0.39, 0.29) is 0 Å².